The van der Waals surface area contributed by atoms with Gasteiger partial charge in [-0.25, -0.2) is 9.97 Å². The molecule has 0 aliphatic carbocycles. The number of hydrogen-bond donors (Lipinski definition) is 1. The molecule has 5 nitrogen and oxygen atoms in total. The molecular formula is C16H19ClN4O. The predicted molar refractivity (Wildman–Crippen MR) is 88.2 cm³/mol. The van der Waals surface area contributed by atoms with Gasteiger partial charge in [-0.1, -0.05) is 11.6 Å². The van der Waals surface area contributed by atoms with Gasteiger partial charge in [0.1, 0.15) is 5.82 Å². The third-order valence-corrected chi connectivity index (χ3v) is 4.28. The molecule has 1 aliphatic heterocycles. The Morgan fingerprint density at radius 2 is 2.18 bits per heavy atom. The van der Waals surface area contributed by atoms with Crippen LogP contribution in [0.4, 0.5) is 5.82 Å². The Bertz CT molecular complexity index is 683. The standard InChI is InChI=1S/C16H19ClN4O/c1-11(22)18-9-12-4-6-21(7-5-12)15-3-2-13-8-14(17)10-19-16(13)20-15/h2-3,8,10,12H,4-7,9H2,1H3,(H,18,22). The van der Waals surface area contributed by atoms with Crippen molar-refractivity contribution in [2.75, 3.05) is 24.5 Å². The highest BCUT2D eigenvalue weighted by molar-refractivity contribution is 6.31. The van der Waals surface area contributed by atoms with Gasteiger partial charge >= 0.3 is 0 Å². The fourth-order valence-corrected chi connectivity index (χ4v) is 2.97. The van der Waals surface area contributed by atoms with Gasteiger partial charge in [0, 0.05) is 38.1 Å². The maximum atomic E-state index is 11.0. The summed E-state index contributed by atoms with van der Waals surface area (Å²) < 4.78 is 0. The lowest BCUT2D eigenvalue weighted by atomic mass is 9.97. The van der Waals surface area contributed by atoms with Crippen LogP contribution in [0.15, 0.2) is 24.4 Å². The van der Waals surface area contributed by atoms with E-state index in [0.29, 0.717) is 10.9 Å². The lowest BCUT2D eigenvalue weighted by Crippen LogP contribution is -2.38. The summed E-state index contributed by atoms with van der Waals surface area (Å²) in [4.78, 5) is 22.2. The van der Waals surface area contributed by atoms with Crippen LogP contribution in [0.25, 0.3) is 11.0 Å². The normalized spacial score (nSPS) is 16.0. The number of aromatic nitrogens is 2. The molecule has 3 rings (SSSR count). The van der Waals surface area contributed by atoms with E-state index in [0.717, 1.165) is 49.3 Å². The summed E-state index contributed by atoms with van der Waals surface area (Å²) >= 11 is 5.94. The number of halogens is 1. The van der Waals surface area contributed by atoms with Crippen LogP contribution in [0.5, 0.6) is 0 Å². The molecule has 22 heavy (non-hydrogen) atoms. The first-order valence-electron chi connectivity index (χ1n) is 7.53. The van der Waals surface area contributed by atoms with Crippen LogP contribution < -0.4 is 10.2 Å². The number of rotatable bonds is 3. The first kappa shape index (κ1) is 15.0. The molecule has 6 heteroatoms. The van der Waals surface area contributed by atoms with Gasteiger partial charge in [-0.05, 0) is 37.0 Å². The van der Waals surface area contributed by atoms with Crippen molar-refractivity contribution in [2.45, 2.75) is 19.8 Å². The molecular weight excluding hydrogens is 300 g/mol. The minimum absolute atomic E-state index is 0.0448. The van der Waals surface area contributed by atoms with Gasteiger partial charge < -0.3 is 10.2 Å². The number of anilines is 1. The molecule has 1 aliphatic rings. The summed E-state index contributed by atoms with van der Waals surface area (Å²) in [5.41, 5.74) is 0.724. The van der Waals surface area contributed by atoms with Crippen molar-refractivity contribution in [1.82, 2.24) is 15.3 Å². The van der Waals surface area contributed by atoms with Gasteiger partial charge in [0.25, 0.3) is 0 Å². The number of amides is 1. The summed E-state index contributed by atoms with van der Waals surface area (Å²) in [5, 5.41) is 4.48. The molecule has 0 atom stereocenters. The molecule has 1 amide bonds. The van der Waals surface area contributed by atoms with Crippen molar-refractivity contribution in [3.63, 3.8) is 0 Å². The highest BCUT2D eigenvalue weighted by Gasteiger charge is 2.20. The van der Waals surface area contributed by atoms with Crippen LogP contribution in [0.3, 0.4) is 0 Å². The molecule has 0 saturated carbocycles. The number of nitrogens with zero attached hydrogens (tertiary/aromatic N) is 3. The number of nitrogens with one attached hydrogen (secondary N) is 1. The van der Waals surface area contributed by atoms with Gasteiger partial charge in [-0.2, -0.15) is 0 Å². The number of carbonyl (C=O) groups excluding carboxylic acids is 1. The summed E-state index contributed by atoms with van der Waals surface area (Å²) in [6, 6.07) is 5.91. The largest absolute Gasteiger partial charge is 0.357 e. The summed E-state index contributed by atoms with van der Waals surface area (Å²) in [5.74, 6) is 1.56. The smallest absolute Gasteiger partial charge is 0.216 e. The Morgan fingerprint density at radius 3 is 2.91 bits per heavy atom. The van der Waals surface area contributed by atoms with Gasteiger partial charge in [-0.15, -0.1) is 0 Å². The number of fused-ring (bicyclic) bond motifs is 1. The number of hydrogen-bond acceptors (Lipinski definition) is 4. The van der Waals surface area contributed by atoms with Crippen LogP contribution in [-0.2, 0) is 4.79 Å². The molecule has 0 bridgehead atoms. The highest BCUT2D eigenvalue weighted by atomic mass is 35.5. The van der Waals surface area contributed by atoms with Gasteiger partial charge in [0.15, 0.2) is 5.65 Å². The van der Waals surface area contributed by atoms with Crippen molar-refractivity contribution >= 4 is 34.4 Å². The first-order valence-corrected chi connectivity index (χ1v) is 7.91. The fourth-order valence-electron chi connectivity index (χ4n) is 2.80. The van der Waals surface area contributed by atoms with Gasteiger partial charge in [0.05, 0.1) is 5.02 Å². The molecule has 116 valence electrons. The molecule has 0 spiro atoms. The summed E-state index contributed by atoms with van der Waals surface area (Å²) in [7, 11) is 0. The fraction of sp³-hybridized carbons (Fsp3) is 0.438. The number of pyridine rings is 2. The minimum Gasteiger partial charge on any atom is -0.357 e. The average molecular weight is 319 g/mol. The second-order valence-corrected chi connectivity index (χ2v) is 6.17. The maximum absolute atomic E-state index is 11.0. The molecule has 1 fully saturated rings. The van der Waals surface area contributed by atoms with E-state index < -0.39 is 0 Å². The Morgan fingerprint density at radius 1 is 1.41 bits per heavy atom. The summed E-state index contributed by atoms with van der Waals surface area (Å²) in [6.07, 6.45) is 3.75. The van der Waals surface area contributed by atoms with Crippen molar-refractivity contribution in [1.29, 1.82) is 0 Å². The molecule has 2 aromatic rings. The zero-order chi connectivity index (χ0) is 15.5. The number of piperidine rings is 1. The highest BCUT2D eigenvalue weighted by Crippen LogP contribution is 2.24. The third-order valence-electron chi connectivity index (χ3n) is 4.07. The third kappa shape index (κ3) is 3.47. The van der Waals surface area contributed by atoms with E-state index in [-0.39, 0.29) is 5.91 Å². The van der Waals surface area contributed by atoms with Crippen LogP contribution in [0.2, 0.25) is 5.02 Å². The van der Waals surface area contributed by atoms with E-state index in [1.54, 1.807) is 13.1 Å². The summed E-state index contributed by atoms with van der Waals surface area (Å²) in [6.45, 7) is 4.24. The second-order valence-electron chi connectivity index (χ2n) is 5.74. The van der Waals surface area contributed by atoms with E-state index in [2.05, 4.69) is 20.2 Å². The van der Waals surface area contributed by atoms with Crippen molar-refractivity contribution < 1.29 is 4.79 Å². The van der Waals surface area contributed by atoms with Crippen LogP contribution in [0.1, 0.15) is 19.8 Å². The van der Waals surface area contributed by atoms with Crippen LogP contribution >= 0.6 is 11.6 Å². The quantitative estimate of drug-likeness (QED) is 0.945. The molecule has 1 N–H and O–H groups in total. The van der Waals surface area contributed by atoms with Crippen molar-refractivity contribution in [2.24, 2.45) is 5.92 Å². The maximum Gasteiger partial charge on any atom is 0.216 e. The first-order chi connectivity index (χ1) is 10.6. The van der Waals surface area contributed by atoms with Gasteiger partial charge in [0.2, 0.25) is 5.91 Å². The molecule has 0 radical (unpaired) electrons. The zero-order valence-corrected chi connectivity index (χ0v) is 13.3. The van der Waals surface area contributed by atoms with E-state index in [4.69, 9.17) is 11.6 Å². The lowest BCUT2D eigenvalue weighted by molar-refractivity contribution is -0.119. The van der Waals surface area contributed by atoms with E-state index in [1.165, 1.54) is 0 Å². The average Bonchev–Trinajstić information content (AvgIpc) is 2.53. The van der Waals surface area contributed by atoms with E-state index >= 15 is 0 Å². The SMILES string of the molecule is CC(=O)NCC1CCN(c2ccc3cc(Cl)cnc3n2)CC1. The Labute approximate surface area is 134 Å². The molecule has 3 heterocycles. The van der Waals surface area contributed by atoms with E-state index in [9.17, 15) is 4.79 Å². The van der Waals surface area contributed by atoms with Crippen molar-refractivity contribution in [3.05, 3.63) is 29.4 Å². The zero-order valence-electron chi connectivity index (χ0n) is 12.6. The Kier molecular flexibility index (Phi) is 4.43. The topological polar surface area (TPSA) is 58.1 Å². The van der Waals surface area contributed by atoms with E-state index in [1.807, 2.05) is 18.2 Å². The lowest BCUT2D eigenvalue weighted by Gasteiger charge is -2.32. The molecule has 2 aromatic heterocycles. The van der Waals surface area contributed by atoms with Crippen molar-refractivity contribution in [3.8, 4) is 0 Å². The van der Waals surface area contributed by atoms with Gasteiger partial charge in [-0.3, -0.25) is 4.79 Å². The minimum atomic E-state index is 0.0448. The Hall–Kier alpha value is -1.88. The predicted octanol–water partition coefficient (Wildman–Crippen LogP) is 2.64. The molecule has 0 aromatic carbocycles. The molecule has 1 saturated heterocycles. The Balaban J connectivity index is 1.66. The molecule has 0 unspecified atom stereocenters. The second kappa shape index (κ2) is 6.48. The van der Waals surface area contributed by atoms with Crippen LogP contribution in [-0.4, -0.2) is 35.5 Å². The number of carbonyl (C=O) groups is 1. The van der Waals surface area contributed by atoms with Crippen LogP contribution in [0, 0.1) is 5.92 Å². The monoisotopic (exact) mass is 318 g/mol.